The van der Waals surface area contributed by atoms with Gasteiger partial charge in [0.05, 0.1) is 6.42 Å². The molecule has 0 saturated carbocycles. The molecule has 256 valence electrons. The number of phenols is 1. The molecule has 4 N–H and O–H groups in total. The quantitative estimate of drug-likeness (QED) is 0.101. The lowest BCUT2D eigenvalue weighted by Crippen LogP contribution is -2.49. The molecule has 8 nitrogen and oxygen atoms in total. The summed E-state index contributed by atoms with van der Waals surface area (Å²) >= 11 is 0. The van der Waals surface area contributed by atoms with Gasteiger partial charge in [-0.25, -0.2) is 0 Å². The number of carbonyl (C=O) groups is 3. The molecular formula is C43H40N4O4. The molecule has 3 amide bonds. The lowest BCUT2D eigenvalue weighted by atomic mass is 9.88. The molecule has 1 aromatic heterocycles. The average Bonchev–Trinajstić information content (AvgIpc) is 3.17. The van der Waals surface area contributed by atoms with E-state index in [1.54, 1.807) is 36.5 Å². The highest BCUT2D eigenvalue weighted by Gasteiger charge is 2.25. The van der Waals surface area contributed by atoms with Gasteiger partial charge in [0.25, 0.3) is 5.91 Å². The van der Waals surface area contributed by atoms with Gasteiger partial charge in [0.15, 0.2) is 0 Å². The Kier molecular flexibility index (Phi) is 11.5. The third-order valence-electron chi connectivity index (χ3n) is 8.87. The van der Waals surface area contributed by atoms with Crippen LogP contribution in [0.5, 0.6) is 5.75 Å². The molecule has 0 spiro atoms. The summed E-state index contributed by atoms with van der Waals surface area (Å²) in [5.74, 6) is -1.19. The first-order valence-corrected chi connectivity index (χ1v) is 17.1. The minimum absolute atomic E-state index is 0.0368. The van der Waals surface area contributed by atoms with Crippen LogP contribution >= 0.6 is 0 Å². The van der Waals surface area contributed by atoms with Crippen LogP contribution in [0.25, 0.3) is 22.0 Å². The Hall–Kier alpha value is -6.28. The van der Waals surface area contributed by atoms with E-state index < -0.39 is 17.9 Å². The SMILES string of the molecule is O=C(CC(NC(=O)c1cccc(-c2cc(O)c3ncccc3c2)c1)C(=O)NCCC(c1ccccc1)c1ccccc1)NCCc1ccccc1. The Morgan fingerprint density at radius 1 is 0.667 bits per heavy atom. The molecule has 0 bridgehead atoms. The van der Waals surface area contributed by atoms with Gasteiger partial charge in [-0.05, 0) is 71.0 Å². The molecule has 0 aliphatic heterocycles. The maximum Gasteiger partial charge on any atom is 0.251 e. The van der Waals surface area contributed by atoms with Crippen molar-refractivity contribution in [2.24, 2.45) is 0 Å². The summed E-state index contributed by atoms with van der Waals surface area (Å²) < 4.78 is 0. The Morgan fingerprint density at radius 3 is 2.06 bits per heavy atom. The van der Waals surface area contributed by atoms with Gasteiger partial charge < -0.3 is 21.1 Å². The summed E-state index contributed by atoms with van der Waals surface area (Å²) in [5, 5.41) is 20.1. The number of nitrogens with one attached hydrogen (secondary N) is 3. The molecule has 0 fully saturated rings. The van der Waals surface area contributed by atoms with Gasteiger partial charge in [0.2, 0.25) is 11.8 Å². The second kappa shape index (κ2) is 16.9. The molecule has 5 aromatic carbocycles. The molecule has 0 saturated heterocycles. The van der Waals surface area contributed by atoms with E-state index in [-0.39, 0.29) is 24.0 Å². The molecule has 0 aliphatic rings. The predicted molar refractivity (Wildman–Crippen MR) is 200 cm³/mol. The fourth-order valence-electron chi connectivity index (χ4n) is 6.24. The van der Waals surface area contributed by atoms with Crippen molar-refractivity contribution in [3.63, 3.8) is 0 Å². The maximum atomic E-state index is 13.7. The van der Waals surface area contributed by atoms with Crippen LogP contribution in [0.4, 0.5) is 0 Å². The Bertz CT molecular complexity index is 2050. The standard InChI is InChI=1S/C43H40N4O4/c48-39-28-36(27-34-20-11-23-45-41(34)39)33-18-10-19-35(26-33)42(50)47-38(29-40(49)44-24-21-30-12-4-1-5-13-30)43(51)46-25-22-37(31-14-6-2-7-15-31)32-16-8-3-9-17-32/h1-20,23,26-28,37-38,48H,21-22,24-25,29H2,(H,44,49)(H,46,51)(H,47,50). The van der Waals surface area contributed by atoms with Gasteiger partial charge >= 0.3 is 0 Å². The van der Waals surface area contributed by atoms with E-state index in [2.05, 4.69) is 45.2 Å². The molecule has 1 heterocycles. The number of rotatable bonds is 14. The number of fused-ring (bicyclic) bond motifs is 1. The van der Waals surface area contributed by atoms with Crippen LogP contribution in [-0.2, 0) is 16.0 Å². The van der Waals surface area contributed by atoms with Crippen LogP contribution in [0.3, 0.4) is 0 Å². The number of aromatic nitrogens is 1. The average molecular weight is 677 g/mol. The summed E-state index contributed by atoms with van der Waals surface area (Å²) in [6.45, 7) is 0.738. The fourth-order valence-corrected chi connectivity index (χ4v) is 6.24. The van der Waals surface area contributed by atoms with Crippen molar-refractivity contribution in [1.82, 2.24) is 20.9 Å². The largest absolute Gasteiger partial charge is 0.506 e. The van der Waals surface area contributed by atoms with Crippen LogP contribution in [0, 0.1) is 0 Å². The third kappa shape index (κ3) is 9.25. The smallest absolute Gasteiger partial charge is 0.251 e. The summed E-state index contributed by atoms with van der Waals surface area (Å²) in [6.07, 6.45) is 2.66. The van der Waals surface area contributed by atoms with E-state index in [1.807, 2.05) is 84.9 Å². The van der Waals surface area contributed by atoms with Gasteiger partial charge in [-0.15, -0.1) is 0 Å². The maximum absolute atomic E-state index is 13.7. The molecule has 6 rings (SSSR count). The molecule has 0 radical (unpaired) electrons. The number of pyridine rings is 1. The highest BCUT2D eigenvalue weighted by atomic mass is 16.3. The van der Waals surface area contributed by atoms with Crippen molar-refractivity contribution in [2.75, 3.05) is 13.1 Å². The van der Waals surface area contributed by atoms with E-state index in [0.717, 1.165) is 22.1 Å². The second-order valence-corrected chi connectivity index (χ2v) is 12.4. The summed E-state index contributed by atoms with van der Waals surface area (Å²) in [6, 6.07) is 43.1. The van der Waals surface area contributed by atoms with Gasteiger partial charge in [0.1, 0.15) is 17.3 Å². The lowest BCUT2D eigenvalue weighted by Gasteiger charge is -2.21. The second-order valence-electron chi connectivity index (χ2n) is 12.4. The molecular weight excluding hydrogens is 636 g/mol. The van der Waals surface area contributed by atoms with E-state index in [0.29, 0.717) is 48.1 Å². The van der Waals surface area contributed by atoms with Crippen molar-refractivity contribution in [2.45, 2.75) is 31.2 Å². The van der Waals surface area contributed by atoms with Crippen molar-refractivity contribution in [3.8, 4) is 16.9 Å². The molecule has 0 aliphatic carbocycles. The molecule has 6 aromatic rings. The topological polar surface area (TPSA) is 120 Å². The van der Waals surface area contributed by atoms with Crippen LogP contribution in [0.1, 0.15) is 45.8 Å². The van der Waals surface area contributed by atoms with Crippen molar-refractivity contribution in [3.05, 3.63) is 168 Å². The molecule has 8 heteroatoms. The zero-order chi connectivity index (χ0) is 35.4. The first-order valence-electron chi connectivity index (χ1n) is 17.1. The number of phenolic OH excluding ortho intramolecular Hbond substituents is 1. The van der Waals surface area contributed by atoms with Crippen molar-refractivity contribution >= 4 is 28.6 Å². The van der Waals surface area contributed by atoms with Crippen LogP contribution in [-0.4, -0.2) is 46.9 Å². The number of hydrogen-bond donors (Lipinski definition) is 4. The van der Waals surface area contributed by atoms with Crippen molar-refractivity contribution in [1.29, 1.82) is 0 Å². The highest BCUT2D eigenvalue weighted by molar-refractivity contribution is 6.00. The lowest BCUT2D eigenvalue weighted by molar-refractivity contribution is -0.128. The number of amides is 3. The molecule has 1 unspecified atom stereocenters. The number of benzene rings is 5. The summed E-state index contributed by atoms with van der Waals surface area (Å²) in [4.78, 5) is 44.7. The van der Waals surface area contributed by atoms with Crippen LogP contribution in [0.15, 0.2) is 146 Å². The summed E-state index contributed by atoms with van der Waals surface area (Å²) in [5.41, 5.74) is 5.58. The number of carbonyl (C=O) groups excluding carboxylic acids is 3. The van der Waals surface area contributed by atoms with Crippen LogP contribution in [0.2, 0.25) is 0 Å². The number of hydrogen-bond acceptors (Lipinski definition) is 5. The first-order chi connectivity index (χ1) is 24.9. The number of aromatic hydroxyl groups is 1. The zero-order valence-electron chi connectivity index (χ0n) is 28.2. The van der Waals surface area contributed by atoms with Gasteiger partial charge in [-0.1, -0.05) is 109 Å². The Balaban J connectivity index is 1.16. The minimum Gasteiger partial charge on any atom is -0.506 e. The molecule has 1 atom stereocenters. The summed E-state index contributed by atoms with van der Waals surface area (Å²) in [7, 11) is 0. The zero-order valence-corrected chi connectivity index (χ0v) is 28.2. The van der Waals surface area contributed by atoms with E-state index in [4.69, 9.17) is 0 Å². The van der Waals surface area contributed by atoms with Gasteiger partial charge in [-0.3, -0.25) is 19.4 Å². The van der Waals surface area contributed by atoms with Crippen LogP contribution < -0.4 is 16.0 Å². The monoisotopic (exact) mass is 676 g/mol. The predicted octanol–water partition coefficient (Wildman–Crippen LogP) is 6.79. The van der Waals surface area contributed by atoms with Gasteiger partial charge in [-0.2, -0.15) is 0 Å². The normalized spacial score (nSPS) is 11.5. The Labute approximate surface area is 297 Å². The highest BCUT2D eigenvalue weighted by Crippen LogP contribution is 2.31. The number of nitrogens with zero attached hydrogens (tertiary/aromatic N) is 1. The minimum atomic E-state index is -1.11. The Morgan fingerprint density at radius 2 is 1.35 bits per heavy atom. The first kappa shape index (κ1) is 34.6. The van der Waals surface area contributed by atoms with Gasteiger partial charge in [0, 0.05) is 36.2 Å². The van der Waals surface area contributed by atoms with E-state index in [1.165, 1.54) is 0 Å². The fraction of sp³-hybridized carbons (Fsp3) is 0.163. The third-order valence-corrected chi connectivity index (χ3v) is 8.87. The van der Waals surface area contributed by atoms with E-state index >= 15 is 0 Å². The molecule has 51 heavy (non-hydrogen) atoms. The van der Waals surface area contributed by atoms with E-state index in [9.17, 15) is 19.5 Å². The van der Waals surface area contributed by atoms with Crippen molar-refractivity contribution < 1.29 is 19.5 Å².